The van der Waals surface area contributed by atoms with Crippen molar-refractivity contribution in [2.24, 2.45) is 11.7 Å². The molecule has 0 aliphatic carbocycles. The summed E-state index contributed by atoms with van der Waals surface area (Å²) in [7, 11) is 0. The van der Waals surface area contributed by atoms with Crippen molar-refractivity contribution in [3.05, 3.63) is 29.8 Å². The van der Waals surface area contributed by atoms with Gasteiger partial charge in [0.05, 0.1) is 6.54 Å². The van der Waals surface area contributed by atoms with Crippen molar-refractivity contribution in [3.8, 4) is 0 Å². The molecule has 14 heteroatoms. The molecule has 1 aromatic carbocycles. The van der Waals surface area contributed by atoms with E-state index in [0.29, 0.717) is 37.9 Å². The van der Waals surface area contributed by atoms with Crippen LogP contribution in [0.2, 0.25) is 0 Å². The third-order valence-corrected chi connectivity index (χ3v) is 6.49. The molecule has 2 atom stereocenters. The average molecular weight is 589 g/mol. The van der Waals surface area contributed by atoms with E-state index in [-0.39, 0.29) is 62.6 Å². The Hall–Kier alpha value is -4.49. The van der Waals surface area contributed by atoms with Crippen molar-refractivity contribution in [1.82, 2.24) is 20.9 Å². The van der Waals surface area contributed by atoms with Crippen LogP contribution >= 0.6 is 0 Å². The summed E-state index contributed by atoms with van der Waals surface area (Å²) in [6.45, 7) is 3.34. The molecule has 0 saturated carbocycles. The zero-order valence-electron chi connectivity index (χ0n) is 24.0. The van der Waals surface area contributed by atoms with E-state index in [1.807, 2.05) is 0 Å². The number of hydrogen-bond donors (Lipinski definition) is 5. The number of ether oxygens (including phenoxy) is 1. The number of esters is 1. The van der Waals surface area contributed by atoms with E-state index >= 15 is 0 Å². The van der Waals surface area contributed by atoms with Crippen LogP contribution in [0, 0.1) is 5.92 Å². The van der Waals surface area contributed by atoms with Gasteiger partial charge in [0.1, 0.15) is 12.6 Å². The Morgan fingerprint density at radius 3 is 2.33 bits per heavy atom. The van der Waals surface area contributed by atoms with Crippen LogP contribution in [0.1, 0.15) is 64.4 Å². The van der Waals surface area contributed by atoms with Gasteiger partial charge in [0, 0.05) is 44.5 Å². The molecule has 0 radical (unpaired) electrons. The lowest BCUT2D eigenvalue weighted by molar-refractivity contribution is -0.142. The molecule has 0 bridgehead atoms. The fraction of sp³-hybridized carbons (Fsp3) is 0.536. The fourth-order valence-electron chi connectivity index (χ4n) is 4.21. The normalized spacial score (nSPS) is 15.1. The number of likely N-dealkylation sites (tertiary alicyclic amines) is 1. The van der Waals surface area contributed by atoms with Gasteiger partial charge in [-0.15, -0.1) is 0 Å². The van der Waals surface area contributed by atoms with Crippen LogP contribution in [0.15, 0.2) is 24.3 Å². The van der Waals surface area contributed by atoms with E-state index in [0.717, 1.165) is 5.56 Å². The van der Waals surface area contributed by atoms with Gasteiger partial charge in [-0.05, 0) is 43.4 Å². The summed E-state index contributed by atoms with van der Waals surface area (Å²) in [5, 5.41) is 10.3. The van der Waals surface area contributed by atoms with Gasteiger partial charge in [0.2, 0.25) is 29.5 Å². The van der Waals surface area contributed by atoms with Crippen LogP contribution in [0.3, 0.4) is 0 Å². The number of carbonyl (C=O) groups is 7. The molecule has 14 nitrogen and oxygen atoms in total. The maximum absolute atomic E-state index is 12.9. The highest BCUT2D eigenvalue weighted by molar-refractivity contribution is 6.03. The quantitative estimate of drug-likeness (QED) is 0.0992. The summed E-state index contributed by atoms with van der Waals surface area (Å²) in [4.78, 5) is 84.6. The molecular formula is C28H40N6O8. The van der Waals surface area contributed by atoms with E-state index in [1.54, 1.807) is 31.2 Å². The molecule has 0 aromatic heterocycles. The van der Waals surface area contributed by atoms with Gasteiger partial charge in [-0.2, -0.15) is 0 Å². The molecule has 42 heavy (non-hydrogen) atoms. The maximum atomic E-state index is 12.9. The second-order valence-electron chi connectivity index (χ2n) is 10.1. The summed E-state index contributed by atoms with van der Waals surface area (Å²) in [5.74, 6) is -2.41. The first-order chi connectivity index (χ1) is 20.0. The van der Waals surface area contributed by atoms with Gasteiger partial charge in [-0.3, -0.25) is 33.7 Å². The molecule has 1 aliphatic rings. The summed E-state index contributed by atoms with van der Waals surface area (Å²) in [5.41, 5.74) is 6.26. The van der Waals surface area contributed by atoms with Crippen molar-refractivity contribution < 1.29 is 38.3 Å². The van der Waals surface area contributed by atoms with Gasteiger partial charge in [-0.1, -0.05) is 25.5 Å². The van der Waals surface area contributed by atoms with Crippen LogP contribution in [0.4, 0.5) is 10.5 Å². The smallest absolute Gasteiger partial charge is 0.312 e. The number of benzene rings is 1. The minimum Gasteiger partial charge on any atom is -0.461 e. The van der Waals surface area contributed by atoms with E-state index in [1.165, 1.54) is 11.8 Å². The zero-order chi connectivity index (χ0) is 31.1. The highest BCUT2D eigenvalue weighted by Crippen LogP contribution is 2.19. The van der Waals surface area contributed by atoms with Crippen molar-refractivity contribution in [3.63, 3.8) is 0 Å². The molecule has 0 spiro atoms. The van der Waals surface area contributed by atoms with Gasteiger partial charge in [-0.25, -0.2) is 4.79 Å². The highest BCUT2D eigenvalue weighted by Gasteiger charge is 2.34. The lowest BCUT2D eigenvalue weighted by atomic mass is 10.1. The number of amides is 7. The number of carbonyl (C=O) groups excluding carboxylic acids is 7. The Morgan fingerprint density at radius 1 is 1.00 bits per heavy atom. The number of imide groups is 1. The van der Waals surface area contributed by atoms with Crippen LogP contribution in [0.5, 0.6) is 0 Å². The molecule has 1 fully saturated rings. The molecule has 1 aliphatic heterocycles. The Kier molecular flexibility index (Phi) is 13.9. The molecule has 7 amide bonds. The summed E-state index contributed by atoms with van der Waals surface area (Å²) < 4.78 is 4.94. The molecular weight excluding hydrogens is 548 g/mol. The van der Waals surface area contributed by atoms with Crippen molar-refractivity contribution in [2.75, 3.05) is 25.0 Å². The van der Waals surface area contributed by atoms with E-state index in [4.69, 9.17) is 10.5 Å². The topological polar surface area (TPSA) is 206 Å². The highest BCUT2D eigenvalue weighted by atomic mass is 16.5. The zero-order valence-corrected chi connectivity index (χ0v) is 24.0. The second-order valence-corrected chi connectivity index (χ2v) is 10.1. The molecule has 6 N–H and O–H groups in total. The number of nitrogens with zero attached hydrogens (tertiary/aromatic N) is 1. The summed E-state index contributed by atoms with van der Waals surface area (Å²) >= 11 is 0. The largest absolute Gasteiger partial charge is 0.461 e. The number of hydrogen-bond acceptors (Lipinski definition) is 8. The first kappa shape index (κ1) is 33.7. The third kappa shape index (κ3) is 12.4. The lowest BCUT2D eigenvalue weighted by Crippen LogP contribution is -2.47. The lowest BCUT2D eigenvalue weighted by Gasteiger charge is -2.19. The Bertz CT molecular complexity index is 1140. The Balaban J connectivity index is 1.78. The number of nitrogens with two attached hydrogens (primary N) is 1. The van der Waals surface area contributed by atoms with Gasteiger partial charge >= 0.3 is 12.0 Å². The van der Waals surface area contributed by atoms with E-state index < -0.39 is 29.9 Å². The number of urea groups is 1. The predicted molar refractivity (Wildman–Crippen MR) is 151 cm³/mol. The number of rotatable bonds is 17. The van der Waals surface area contributed by atoms with E-state index in [9.17, 15) is 33.6 Å². The van der Waals surface area contributed by atoms with Crippen molar-refractivity contribution in [2.45, 2.75) is 71.4 Å². The molecule has 2 rings (SSSR count). The van der Waals surface area contributed by atoms with Crippen molar-refractivity contribution in [1.29, 1.82) is 0 Å². The van der Waals surface area contributed by atoms with Crippen LogP contribution in [0.25, 0.3) is 0 Å². The number of unbranched alkanes of at least 4 members (excludes halogenated alkanes) is 2. The van der Waals surface area contributed by atoms with E-state index in [2.05, 4.69) is 21.3 Å². The van der Waals surface area contributed by atoms with Gasteiger partial charge < -0.3 is 31.7 Å². The second kappa shape index (κ2) is 17.4. The van der Waals surface area contributed by atoms with Gasteiger partial charge in [0.15, 0.2) is 0 Å². The fourth-order valence-corrected chi connectivity index (χ4v) is 4.21. The monoisotopic (exact) mass is 588 g/mol. The minimum absolute atomic E-state index is 0.0980. The Morgan fingerprint density at radius 2 is 1.71 bits per heavy atom. The summed E-state index contributed by atoms with van der Waals surface area (Å²) in [6.07, 6.45) is 2.70. The van der Waals surface area contributed by atoms with Gasteiger partial charge in [0.25, 0.3) is 0 Å². The molecule has 230 valence electrons. The van der Waals surface area contributed by atoms with Crippen LogP contribution in [-0.4, -0.2) is 72.1 Å². The number of anilines is 1. The first-order valence-electron chi connectivity index (χ1n) is 13.9. The molecule has 1 heterocycles. The Labute approximate surface area is 244 Å². The predicted octanol–water partition coefficient (Wildman–Crippen LogP) is 0.693. The maximum Gasteiger partial charge on any atom is 0.312 e. The van der Waals surface area contributed by atoms with Crippen LogP contribution in [-0.2, 0) is 40.1 Å². The minimum atomic E-state index is -0.955. The molecule has 1 aromatic rings. The SMILES string of the molecule is CC(=O)OCc1ccc(NC(=O)C(CCCNC(N)=O)NC(=O)CNC(=O)CCCCCN2C(=O)CC(C)C2=O)cc1. The molecule has 1 saturated heterocycles. The number of nitrogens with one attached hydrogen (secondary N) is 4. The average Bonchev–Trinajstić information content (AvgIpc) is 3.18. The number of primary amides is 1. The van der Waals surface area contributed by atoms with Crippen LogP contribution < -0.4 is 27.0 Å². The standard InChI is InChI=1S/C28H40N6O8/c1-18-15-25(38)34(27(18)40)14-5-3-4-8-23(36)31-16-24(37)33-22(7-6-13-30-28(29)41)26(39)32-21-11-9-20(10-12-21)17-42-19(2)35/h9-12,18,22H,3-8,13-17H2,1-2H3,(H,31,36)(H,32,39)(H,33,37)(H3,29,30,41). The third-order valence-electron chi connectivity index (χ3n) is 6.49. The molecule has 2 unspecified atom stereocenters. The van der Waals surface area contributed by atoms with Crippen molar-refractivity contribution >= 4 is 47.2 Å². The summed E-state index contributed by atoms with van der Waals surface area (Å²) in [6, 6.07) is 4.97. The first-order valence-corrected chi connectivity index (χ1v) is 13.9.